The van der Waals surface area contributed by atoms with Crippen LogP contribution in [-0.4, -0.2) is 13.7 Å². The highest BCUT2D eigenvalue weighted by molar-refractivity contribution is 5.30. The van der Waals surface area contributed by atoms with E-state index in [-0.39, 0.29) is 17.9 Å². The molecule has 0 amide bonds. The van der Waals surface area contributed by atoms with Crippen LogP contribution < -0.4 is 10.1 Å². The molecular weight excluding hydrogens is 279 g/mol. The molecule has 0 saturated heterocycles. The molecular formula is C16H16F3NO. The number of likely N-dealkylation sites (N-methyl/N-ethyl adjacent to an activating group) is 1. The highest BCUT2D eigenvalue weighted by atomic mass is 19.2. The van der Waals surface area contributed by atoms with E-state index in [9.17, 15) is 13.2 Å². The van der Waals surface area contributed by atoms with Crippen molar-refractivity contribution in [2.24, 2.45) is 0 Å². The van der Waals surface area contributed by atoms with E-state index in [4.69, 9.17) is 4.74 Å². The first-order valence-corrected chi connectivity index (χ1v) is 6.53. The van der Waals surface area contributed by atoms with Crippen LogP contribution in [0.1, 0.15) is 17.2 Å². The van der Waals surface area contributed by atoms with Gasteiger partial charge in [-0.2, -0.15) is 0 Å². The first kappa shape index (κ1) is 15.4. The Morgan fingerprint density at radius 1 is 1.10 bits per heavy atom. The van der Waals surface area contributed by atoms with Crippen molar-refractivity contribution in [1.82, 2.24) is 5.32 Å². The van der Waals surface area contributed by atoms with E-state index < -0.39 is 23.5 Å². The molecule has 0 aliphatic rings. The number of ether oxygens (including phenoxy) is 1. The van der Waals surface area contributed by atoms with Gasteiger partial charge in [-0.1, -0.05) is 18.2 Å². The Kier molecular flexibility index (Phi) is 4.85. The smallest absolute Gasteiger partial charge is 0.165 e. The van der Waals surface area contributed by atoms with E-state index in [2.05, 4.69) is 5.32 Å². The summed E-state index contributed by atoms with van der Waals surface area (Å²) in [6, 6.07) is 7.85. The third-order valence-corrected chi connectivity index (χ3v) is 3.20. The molecule has 2 aromatic rings. The molecule has 5 heteroatoms. The van der Waals surface area contributed by atoms with Gasteiger partial charge in [0.05, 0.1) is 6.04 Å². The summed E-state index contributed by atoms with van der Waals surface area (Å²) < 4.78 is 46.0. The highest BCUT2D eigenvalue weighted by Crippen LogP contribution is 2.23. The van der Waals surface area contributed by atoms with Crippen molar-refractivity contribution in [2.45, 2.75) is 13.0 Å². The molecule has 112 valence electrons. The van der Waals surface area contributed by atoms with Gasteiger partial charge in [-0.3, -0.25) is 0 Å². The second-order valence-corrected chi connectivity index (χ2v) is 4.73. The number of aryl methyl sites for hydroxylation is 1. The second-order valence-electron chi connectivity index (χ2n) is 4.73. The Hall–Kier alpha value is -2.01. The second kappa shape index (κ2) is 6.63. The molecule has 0 radical (unpaired) electrons. The molecule has 1 N–H and O–H groups in total. The summed E-state index contributed by atoms with van der Waals surface area (Å²) in [5.74, 6) is -2.25. The molecule has 1 unspecified atom stereocenters. The first-order chi connectivity index (χ1) is 10.0. The van der Waals surface area contributed by atoms with E-state index in [1.807, 2.05) is 6.92 Å². The predicted molar refractivity (Wildman–Crippen MR) is 74.8 cm³/mol. The molecule has 0 aromatic heterocycles. The minimum atomic E-state index is -0.926. The molecule has 0 spiro atoms. The van der Waals surface area contributed by atoms with Gasteiger partial charge in [0, 0.05) is 5.56 Å². The van der Waals surface area contributed by atoms with Crippen molar-refractivity contribution < 1.29 is 17.9 Å². The molecule has 2 rings (SSSR count). The predicted octanol–water partition coefficient (Wildman–Crippen LogP) is 3.75. The lowest BCUT2D eigenvalue weighted by molar-refractivity contribution is 0.257. The van der Waals surface area contributed by atoms with Gasteiger partial charge in [-0.05, 0) is 37.7 Å². The summed E-state index contributed by atoms with van der Waals surface area (Å²) in [5.41, 5.74) is 0.995. The van der Waals surface area contributed by atoms with Crippen LogP contribution in [0.25, 0.3) is 0 Å². The fourth-order valence-corrected chi connectivity index (χ4v) is 2.01. The van der Waals surface area contributed by atoms with Gasteiger partial charge in [-0.25, -0.2) is 13.2 Å². The standard InChI is InChI=1S/C16H16F3NO/c1-10-6-7-12(17)15(8-10)21-9-14(20-2)11-4-3-5-13(18)16(11)19/h3-8,14,20H,9H2,1-2H3. The van der Waals surface area contributed by atoms with Crippen LogP contribution in [0.2, 0.25) is 0 Å². The van der Waals surface area contributed by atoms with Crippen LogP contribution in [0, 0.1) is 24.4 Å². The molecule has 2 nitrogen and oxygen atoms in total. The number of nitrogens with one attached hydrogen (secondary N) is 1. The van der Waals surface area contributed by atoms with E-state index in [0.717, 1.165) is 11.6 Å². The van der Waals surface area contributed by atoms with E-state index in [1.165, 1.54) is 18.2 Å². The summed E-state index contributed by atoms with van der Waals surface area (Å²) in [4.78, 5) is 0. The van der Waals surface area contributed by atoms with Crippen molar-refractivity contribution in [1.29, 1.82) is 0 Å². The van der Waals surface area contributed by atoms with E-state index in [0.29, 0.717) is 0 Å². The maximum atomic E-state index is 13.8. The molecule has 21 heavy (non-hydrogen) atoms. The molecule has 0 aliphatic carbocycles. The summed E-state index contributed by atoms with van der Waals surface area (Å²) in [5, 5.41) is 2.84. The Morgan fingerprint density at radius 3 is 2.57 bits per heavy atom. The number of rotatable bonds is 5. The quantitative estimate of drug-likeness (QED) is 0.907. The Morgan fingerprint density at radius 2 is 1.86 bits per heavy atom. The summed E-state index contributed by atoms with van der Waals surface area (Å²) in [7, 11) is 1.60. The lowest BCUT2D eigenvalue weighted by Crippen LogP contribution is -2.25. The van der Waals surface area contributed by atoms with Crippen LogP contribution in [-0.2, 0) is 0 Å². The lowest BCUT2D eigenvalue weighted by Gasteiger charge is -2.18. The van der Waals surface area contributed by atoms with Gasteiger partial charge < -0.3 is 10.1 Å². The summed E-state index contributed by atoms with van der Waals surface area (Å²) in [6.45, 7) is 1.80. The number of hydrogen-bond acceptors (Lipinski definition) is 2. The van der Waals surface area contributed by atoms with Gasteiger partial charge in [0.15, 0.2) is 23.2 Å². The fraction of sp³-hybridized carbons (Fsp3) is 0.250. The van der Waals surface area contributed by atoms with Crippen LogP contribution in [0.15, 0.2) is 36.4 Å². The van der Waals surface area contributed by atoms with Crippen LogP contribution in [0.4, 0.5) is 13.2 Å². The van der Waals surface area contributed by atoms with Crippen molar-refractivity contribution >= 4 is 0 Å². The Labute approximate surface area is 121 Å². The van der Waals surface area contributed by atoms with Gasteiger partial charge in [0.1, 0.15) is 6.61 Å². The van der Waals surface area contributed by atoms with E-state index in [1.54, 1.807) is 19.2 Å². The normalized spacial score (nSPS) is 12.2. The molecule has 0 saturated carbocycles. The molecule has 0 aliphatic heterocycles. The Balaban J connectivity index is 2.16. The molecule has 0 heterocycles. The summed E-state index contributed by atoms with van der Waals surface area (Å²) >= 11 is 0. The average Bonchev–Trinajstić information content (AvgIpc) is 2.47. The van der Waals surface area contributed by atoms with Crippen molar-refractivity contribution in [2.75, 3.05) is 13.7 Å². The topological polar surface area (TPSA) is 21.3 Å². The third kappa shape index (κ3) is 3.55. The zero-order valence-corrected chi connectivity index (χ0v) is 11.8. The fourth-order valence-electron chi connectivity index (χ4n) is 2.01. The molecule has 0 fully saturated rings. The lowest BCUT2D eigenvalue weighted by atomic mass is 10.1. The number of benzene rings is 2. The van der Waals surface area contributed by atoms with Crippen LogP contribution in [0.5, 0.6) is 5.75 Å². The van der Waals surface area contributed by atoms with Crippen molar-refractivity contribution in [3.05, 3.63) is 65.0 Å². The van der Waals surface area contributed by atoms with Crippen molar-refractivity contribution in [3.63, 3.8) is 0 Å². The highest BCUT2D eigenvalue weighted by Gasteiger charge is 2.18. The zero-order chi connectivity index (χ0) is 15.4. The van der Waals surface area contributed by atoms with E-state index >= 15 is 0 Å². The van der Waals surface area contributed by atoms with Crippen molar-refractivity contribution in [3.8, 4) is 5.75 Å². The van der Waals surface area contributed by atoms with Crippen LogP contribution >= 0.6 is 0 Å². The van der Waals surface area contributed by atoms with Gasteiger partial charge in [-0.15, -0.1) is 0 Å². The minimum absolute atomic E-state index is 0.0166. The molecule has 0 bridgehead atoms. The number of halogens is 3. The maximum Gasteiger partial charge on any atom is 0.165 e. The third-order valence-electron chi connectivity index (χ3n) is 3.20. The van der Waals surface area contributed by atoms with Gasteiger partial charge in [0.25, 0.3) is 0 Å². The summed E-state index contributed by atoms with van der Waals surface area (Å²) in [6.07, 6.45) is 0. The largest absolute Gasteiger partial charge is 0.489 e. The SMILES string of the molecule is CNC(COc1cc(C)ccc1F)c1cccc(F)c1F. The molecule has 2 aromatic carbocycles. The van der Waals surface area contributed by atoms with Gasteiger partial charge in [0.2, 0.25) is 0 Å². The number of hydrogen-bond donors (Lipinski definition) is 1. The monoisotopic (exact) mass is 295 g/mol. The Bertz CT molecular complexity index is 631. The van der Waals surface area contributed by atoms with Gasteiger partial charge >= 0.3 is 0 Å². The minimum Gasteiger partial charge on any atom is -0.489 e. The first-order valence-electron chi connectivity index (χ1n) is 6.53. The average molecular weight is 295 g/mol. The molecule has 1 atom stereocenters. The van der Waals surface area contributed by atoms with Crippen LogP contribution in [0.3, 0.4) is 0 Å². The zero-order valence-electron chi connectivity index (χ0n) is 11.8. The maximum absolute atomic E-state index is 13.8.